The van der Waals surface area contributed by atoms with Crippen molar-refractivity contribution in [2.45, 2.75) is 12.6 Å². The zero-order valence-corrected chi connectivity index (χ0v) is 7.96. The molecule has 1 fully saturated rings. The van der Waals surface area contributed by atoms with E-state index in [1.54, 1.807) is 0 Å². The van der Waals surface area contributed by atoms with Crippen LogP contribution < -0.4 is 0 Å². The second-order valence-electron chi connectivity index (χ2n) is 3.27. The molecule has 0 amide bonds. The Morgan fingerprint density at radius 2 is 2.38 bits per heavy atom. The molecular formula is C9H11NO2S. The maximum absolute atomic E-state index is 10.4. The summed E-state index contributed by atoms with van der Waals surface area (Å²) in [6.45, 7) is 2.37. The van der Waals surface area contributed by atoms with Gasteiger partial charge in [-0.3, -0.25) is 9.69 Å². The van der Waals surface area contributed by atoms with Gasteiger partial charge in [0, 0.05) is 24.5 Å². The second-order valence-corrected chi connectivity index (χ2v) is 4.47. The van der Waals surface area contributed by atoms with E-state index in [0.29, 0.717) is 0 Å². The van der Waals surface area contributed by atoms with Crippen LogP contribution in [-0.4, -0.2) is 35.5 Å². The predicted molar refractivity (Wildman–Crippen MR) is 51.0 cm³/mol. The second kappa shape index (κ2) is 3.57. The average molecular weight is 197 g/mol. The Kier molecular flexibility index (Phi) is 2.44. The van der Waals surface area contributed by atoms with Gasteiger partial charge in [0.15, 0.2) is 6.29 Å². The van der Waals surface area contributed by atoms with Gasteiger partial charge in [-0.25, -0.2) is 0 Å². The van der Waals surface area contributed by atoms with Crippen molar-refractivity contribution in [3.63, 3.8) is 0 Å². The molecule has 1 N–H and O–H groups in total. The summed E-state index contributed by atoms with van der Waals surface area (Å²) < 4.78 is 0. The van der Waals surface area contributed by atoms with Crippen LogP contribution >= 0.6 is 11.3 Å². The normalized spacial score (nSPS) is 18.5. The number of carbonyl (C=O) groups excluding carboxylic acids is 1. The molecule has 1 aromatic rings. The number of β-amino-alcohol motifs (C(OH)–C–C–N with tert-alkyl or cyclic N) is 1. The molecule has 0 atom stereocenters. The Labute approximate surface area is 80.6 Å². The monoisotopic (exact) mass is 197 g/mol. The van der Waals surface area contributed by atoms with Gasteiger partial charge in [-0.1, -0.05) is 0 Å². The van der Waals surface area contributed by atoms with Gasteiger partial charge < -0.3 is 5.11 Å². The number of aliphatic hydroxyl groups excluding tert-OH is 1. The molecule has 0 aliphatic carbocycles. The quantitative estimate of drug-likeness (QED) is 0.726. The van der Waals surface area contributed by atoms with Gasteiger partial charge in [-0.2, -0.15) is 0 Å². The number of likely N-dealkylation sites (tertiary alicyclic amines) is 1. The van der Waals surface area contributed by atoms with Gasteiger partial charge in [-0.15, -0.1) is 11.3 Å². The largest absolute Gasteiger partial charge is 0.390 e. The lowest BCUT2D eigenvalue weighted by Gasteiger charge is -2.35. The molecule has 0 unspecified atom stereocenters. The van der Waals surface area contributed by atoms with E-state index in [4.69, 9.17) is 5.11 Å². The number of thiophene rings is 1. The number of nitrogens with zero attached hydrogens (tertiary/aromatic N) is 1. The van der Waals surface area contributed by atoms with Gasteiger partial charge in [0.05, 0.1) is 11.0 Å². The highest BCUT2D eigenvalue weighted by atomic mass is 32.1. The smallest absolute Gasteiger partial charge is 0.160 e. The van der Waals surface area contributed by atoms with Crippen molar-refractivity contribution in [3.05, 3.63) is 21.9 Å². The van der Waals surface area contributed by atoms with Crippen molar-refractivity contribution in [1.82, 2.24) is 4.90 Å². The highest BCUT2D eigenvalue weighted by molar-refractivity contribution is 7.13. The highest BCUT2D eigenvalue weighted by Crippen LogP contribution is 2.19. The third-order valence-corrected chi connectivity index (χ3v) is 3.11. The topological polar surface area (TPSA) is 40.5 Å². The number of aldehydes is 1. The molecule has 0 radical (unpaired) electrons. The lowest BCUT2D eigenvalue weighted by Crippen LogP contribution is -2.49. The van der Waals surface area contributed by atoms with Gasteiger partial charge >= 0.3 is 0 Å². The molecule has 1 aromatic heterocycles. The molecule has 1 saturated heterocycles. The maximum Gasteiger partial charge on any atom is 0.160 e. The fourth-order valence-electron chi connectivity index (χ4n) is 1.43. The third-order valence-electron chi connectivity index (χ3n) is 2.12. The average Bonchev–Trinajstić information content (AvgIpc) is 2.50. The molecule has 4 heteroatoms. The molecule has 1 aliphatic heterocycles. The minimum Gasteiger partial charge on any atom is -0.390 e. The first kappa shape index (κ1) is 8.87. The Morgan fingerprint density at radius 1 is 1.62 bits per heavy atom. The van der Waals surface area contributed by atoms with Crippen LogP contribution in [0.4, 0.5) is 0 Å². The fraction of sp³-hybridized carbons (Fsp3) is 0.444. The molecule has 0 aromatic carbocycles. The van der Waals surface area contributed by atoms with Gasteiger partial charge in [-0.05, 0) is 12.1 Å². The van der Waals surface area contributed by atoms with Crippen molar-refractivity contribution in [3.8, 4) is 0 Å². The summed E-state index contributed by atoms with van der Waals surface area (Å²) >= 11 is 1.52. The zero-order valence-electron chi connectivity index (χ0n) is 7.14. The number of rotatable bonds is 3. The molecule has 0 bridgehead atoms. The van der Waals surface area contributed by atoms with Crippen molar-refractivity contribution in [2.24, 2.45) is 0 Å². The van der Waals surface area contributed by atoms with E-state index in [9.17, 15) is 4.79 Å². The van der Waals surface area contributed by atoms with E-state index in [2.05, 4.69) is 4.90 Å². The van der Waals surface area contributed by atoms with E-state index in [1.165, 1.54) is 16.2 Å². The standard InChI is InChI=1S/C9H11NO2S/c11-6-9-2-1-8(13-9)5-10-3-7(12)4-10/h1-2,6-7,12H,3-5H2. The van der Waals surface area contributed by atoms with E-state index >= 15 is 0 Å². The lowest BCUT2D eigenvalue weighted by molar-refractivity contribution is -0.00229. The number of aliphatic hydroxyl groups is 1. The van der Waals surface area contributed by atoms with Crippen LogP contribution in [0.3, 0.4) is 0 Å². The van der Waals surface area contributed by atoms with Crippen LogP contribution in [0.5, 0.6) is 0 Å². The summed E-state index contributed by atoms with van der Waals surface area (Å²) in [5, 5.41) is 9.05. The lowest BCUT2D eigenvalue weighted by atomic mass is 10.2. The summed E-state index contributed by atoms with van der Waals surface area (Å²) in [6, 6.07) is 3.81. The first-order chi connectivity index (χ1) is 6.28. The molecule has 70 valence electrons. The first-order valence-electron chi connectivity index (χ1n) is 4.22. The molecule has 3 nitrogen and oxygen atoms in total. The van der Waals surface area contributed by atoms with Crippen molar-refractivity contribution in [2.75, 3.05) is 13.1 Å². The fourth-order valence-corrected chi connectivity index (χ4v) is 2.31. The minimum absolute atomic E-state index is 0.148. The molecule has 1 aliphatic rings. The van der Waals surface area contributed by atoms with Crippen LogP contribution in [0.1, 0.15) is 14.5 Å². The van der Waals surface area contributed by atoms with Crippen LogP contribution in [0.25, 0.3) is 0 Å². The van der Waals surface area contributed by atoms with Crippen LogP contribution in [0, 0.1) is 0 Å². The van der Waals surface area contributed by atoms with E-state index < -0.39 is 0 Å². The molecule has 0 saturated carbocycles. The van der Waals surface area contributed by atoms with Crippen LogP contribution in [-0.2, 0) is 6.54 Å². The van der Waals surface area contributed by atoms with Gasteiger partial charge in [0.1, 0.15) is 0 Å². The van der Waals surface area contributed by atoms with Crippen LogP contribution in [0.2, 0.25) is 0 Å². The number of hydrogen-bond acceptors (Lipinski definition) is 4. The first-order valence-corrected chi connectivity index (χ1v) is 5.04. The van der Waals surface area contributed by atoms with Gasteiger partial charge in [0.2, 0.25) is 0 Å². The van der Waals surface area contributed by atoms with Crippen molar-refractivity contribution < 1.29 is 9.90 Å². The Bertz CT molecular complexity index is 304. The SMILES string of the molecule is O=Cc1ccc(CN2CC(O)C2)s1. The van der Waals surface area contributed by atoms with Crippen molar-refractivity contribution >= 4 is 17.6 Å². The summed E-state index contributed by atoms with van der Waals surface area (Å²) in [6.07, 6.45) is 0.726. The molecule has 13 heavy (non-hydrogen) atoms. The van der Waals surface area contributed by atoms with E-state index in [0.717, 1.165) is 30.8 Å². The molecular weight excluding hydrogens is 186 g/mol. The number of hydrogen-bond donors (Lipinski definition) is 1. The maximum atomic E-state index is 10.4. The Morgan fingerprint density at radius 3 is 2.92 bits per heavy atom. The predicted octanol–water partition coefficient (Wildman–Crippen LogP) is 0.737. The Balaban J connectivity index is 1.91. The third kappa shape index (κ3) is 1.96. The zero-order chi connectivity index (χ0) is 9.26. The summed E-state index contributed by atoms with van der Waals surface area (Å²) in [5.74, 6) is 0. The van der Waals surface area contributed by atoms with Gasteiger partial charge in [0.25, 0.3) is 0 Å². The number of carbonyl (C=O) groups is 1. The van der Waals surface area contributed by atoms with E-state index in [-0.39, 0.29) is 6.10 Å². The Hall–Kier alpha value is -0.710. The molecule has 0 spiro atoms. The van der Waals surface area contributed by atoms with Crippen LogP contribution in [0.15, 0.2) is 12.1 Å². The summed E-state index contributed by atoms with van der Waals surface area (Å²) in [7, 11) is 0. The molecule has 2 rings (SSSR count). The minimum atomic E-state index is -0.148. The highest BCUT2D eigenvalue weighted by Gasteiger charge is 2.24. The summed E-state index contributed by atoms with van der Waals surface area (Å²) in [4.78, 5) is 14.5. The summed E-state index contributed by atoms with van der Waals surface area (Å²) in [5.41, 5.74) is 0. The molecule has 2 heterocycles. The van der Waals surface area contributed by atoms with E-state index in [1.807, 2.05) is 12.1 Å². The van der Waals surface area contributed by atoms with Crippen molar-refractivity contribution in [1.29, 1.82) is 0 Å².